The summed E-state index contributed by atoms with van der Waals surface area (Å²) in [6.07, 6.45) is -9.48. The minimum atomic E-state index is -7.45. The summed E-state index contributed by atoms with van der Waals surface area (Å²) in [6.45, 7) is -2.65. The van der Waals surface area contributed by atoms with Gasteiger partial charge < -0.3 is 14.7 Å². The van der Waals surface area contributed by atoms with E-state index >= 15 is 0 Å². The van der Waals surface area contributed by atoms with E-state index in [1.807, 2.05) is 0 Å². The maximum Gasteiger partial charge on any atom is 0.469 e. The van der Waals surface area contributed by atoms with Crippen LogP contribution in [-0.2, 0) is 9.09 Å². The zero-order valence-corrected chi connectivity index (χ0v) is 14.0. The van der Waals surface area contributed by atoms with E-state index in [2.05, 4.69) is 4.52 Å². The van der Waals surface area contributed by atoms with Crippen molar-refractivity contribution in [1.29, 1.82) is 0 Å². The first kappa shape index (κ1) is 26.3. The van der Waals surface area contributed by atoms with Gasteiger partial charge in [-0.25, -0.2) is 4.57 Å². The molecule has 0 atom stereocenters. The first-order chi connectivity index (χ1) is 11.6. The Hall–Kier alpha value is -0.700. The molecule has 0 spiro atoms. The van der Waals surface area contributed by atoms with E-state index in [0.717, 1.165) is 7.05 Å². The monoisotopic (exact) mass is 451 g/mol. The van der Waals surface area contributed by atoms with Crippen LogP contribution >= 0.6 is 7.82 Å². The van der Waals surface area contributed by atoms with Crippen molar-refractivity contribution in [3.8, 4) is 0 Å². The van der Waals surface area contributed by atoms with Crippen molar-refractivity contribution in [2.75, 3.05) is 26.7 Å². The number of hydrogen-bond acceptors (Lipinski definition) is 3. The highest BCUT2D eigenvalue weighted by atomic mass is 31.2. The van der Waals surface area contributed by atoms with Crippen molar-refractivity contribution < 1.29 is 67.2 Å². The maximum absolute atomic E-state index is 13.4. The Bertz CT molecular complexity index is 548. The number of phosphoric ester groups is 1. The highest BCUT2D eigenvalue weighted by molar-refractivity contribution is 7.46. The SMILES string of the molecule is CN(CCOP(=O)(O)O)CCC(F)(F)C(F)(F)C(F)(F)C(F)(F)C(F)(F)F. The molecule has 0 aliphatic heterocycles. The van der Waals surface area contributed by atoms with Gasteiger partial charge in [0.25, 0.3) is 0 Å². The van der Waals surface area contributed by atoms with Gasteiger partial charge in [-0.3, -0.25) is 4.52 Å². The molecule has 0 aliphatic rings. The normalized spacial score (nSPS) is 15.5. The fraction of sp³-hybridized carbons (Fsp3) is 1.00. The van der Waals surface area contributed by atoms with Gasteiger partial charge in [0, 0.05) is 19.5 Å². The quantitative estimate of drug-likeness (QED) is 0.393. The molecular formula is C10H13F11NO4P. The number of hydrogen-bond donors (Lipinski definition) is 2. The Morgan fingerprint density at radius 3 is 1.63 bits per heavy atom. The Balaban J connectivity index is 5.19. The third kappa shape index (κ3) is 5.89. The molecule has 164 valence electrons. The number of halogens is 11. The first-order valence-electron chi connectivity index (χ1n) is 6.57. The molecule has 0 rings (SSSR count). The topological polar surface area (TPSA) is 70.0 Å². The van der Waals surface area contributed by atoms with Crippen LogP contribution in [0.5, 0.6) is 0 Å². The summed E-state index contributed by atoms with van der Waals surface area (Å²) in [7, 11) is -4.07. The van der Waals surface area contributed by atoms with Crippen LogP contribution in [-0.4, -0.2) is 71.3 Å². The van der Waals surface area contributed by atoms with E-state index in [1.165, 1.54) is 0 Å². The molecular weight excluding hydrogens is 438 g/mol. The molecule has 0 aliphatic carbocycles. The minimum absolute atomic E-state index is 0.595. The van der Waals surface area contributed by atoms with Crippen LogP contribution in [0.2, 0.25) is 0 Å². The molecule has 27 heavy (non-hydrogen) atoms. The van der Waals surface area contributed by atoms with Crippen LogP contribution in [0.15, 0.2) is 0 Å². The van der Waals surface area contributed by atoms with Crippen LogP contribution in [0.4, 0.5) is 48.3 Å². The van der Waals surface area contributed by atoms with Gasteiger partial charge in [-0.1, -0.05) is 0 Å². The predicted molar refractivity (Wildman–Crippen MR) is 66.0 cm³/mol. The third-order valence-electron chi connectivity index (χ3n) is 3.14. The largest absolute Gasteiger partial charge is 0.469 e. The molecule has 2 N–H and O–H groups in total. The zero-order valence-electron chi connectivity index (χ0n) is 13.1. The molecule has 0 heterocycles. The molecule has 5 nitrogen and oxygen atoms in total. The lowest BCUT2D eigenvalue weighted by atomic mass is 9.96. The van der Waals surface area contributed by atoms with Gasteiger partial charge in [-0.2, -0.15) is 48.3 Å². The van der Waals surface area contributed by atoms with E-state index in [1.54, 1.807) is 0 Å². The first-order valence-corrected chi connectivity index (χ1v) is 8.10. The number of phosphoric acid groups is 1. The van der Waals surface area contributed by atoms with E-state index < -0.39 is 63.8 Å². The Morgan fingerprint density at radius 1 is 0.815 bits per heavy atom. The second-order valence-corrected chi connectivity index (χ2v) is 6.54. The van der Waals surface area contributed by atoms with E-state index in [4.69, 9.17) is 9.79 Å². The van der Waals surface area contributed by atoms with Crippen LogP contribution in [0.25, 0.3) is 0 Å². The van der Waals surface area contributed by atoms with Gasteiger partial charge in [-0.05, 0) is 7.05 Å². The van der Waals surface area contributed by atoms with Gasteiger partial charge in [0.2, 0.25) is 0 Å². The molecule has 0 saturated heterocycles. The van der Waals surface area contributed by atoms with E-state index in [9.17, 15) is 52.9 Å². The van der Waals surface area contributed by atoms with Crippen LogP contribution < -0.4 is 0 Å². The fourth-order valence-electron chi connectivity index (χ4n) is 1.52. The number of nitrogens with zero attached hydrogens (tertiary/aromatic N) is 1. The van der Waals surface area contributed by atoms with E-state index in [-0.39, 0.29) is 0 Å². The van der Waals surface area contributed by atoms with Crippen LogP contribution in [0, 0.1) is 0 Å². The summed E-state index contributed by atoms with van der Waals surface area (Å²) in [5, 5.41) is 0. The van der Waals surface area contributed by atoms with Crippen molar-refractivity contribution in [1.82, 2.24) is 4.90 Å². The van der Waals surface area contributed by atoms with Crippen LogP contribution in [0.1, 0.15) is 6.42 Å². The van der Waals surface area contributed by atoms with Crippen molar-refractivity contribution in [3.63, 3.8) is 0 Å². The van der Waals surface area contributed by atoms with Crippen molar-refractivity contribution in [2.45, 2.75) is 36.3 Å². The Labute approximate surface area is 144 Å². The highest BCUT2D eigenvalue weighted by Gasteiger charge is 2.86. The molecule has 0 bridgehead atoms. The van der Waals surface area contributed by atoms with Crippen molar-refractivity contribution in [3.05, 3.63) is 0 Å². The van der Waals surface area contributed by atoms with E-state index in [0.29, 0.717) is 4.90 Å². The molecule has 0 aromatic heterocycles. The smallest absolute Gasteiger partial charge is 0.304 e. The average molecular weight is 451 g/mol. The lowest BCUT2D eigenvalue weighted by Crippen LogP contribution is -2.66. The maximum atomic E-state index is 13.4. The average Bonchev–Trinajstić information content (AvgIpc) is 2.42. The molecule has 0 saturated carbocycles. The molecule has 0 aromatic carbocycles. The molecule has 0 fully saturated rings. The number of alkyl halides is 11. The van der Waals surface area contributed by atoms with Crippen LogP contribution in [0.3, 0.4) is 0 Å². The summed E-state index contributed by atoms with van der Waals surface area (Å²) in [6, 6.07) is 0. The lowest BCUT2D eigenvalue weighted by molar-refractivity contribution is -0.422. The number of likely N-dealkylation sites (N-methyl/N-ethyl adjacent to an activating group) is 1. The molecule has 0 unspecified atom stereocenters. The van der Waals surface area contributed by atoms with Crippen molar-refractivity contribution in [2.24, 2.45) is 0 Å². The van der Waals surface area contributed by atoms with Gasteiger partial charge in [0.1, 0.15) is 0 Å². The lowest BCUT2D eigenvalue weighted by Gasteiger charge is -2.37. The fourth-order valence-corrected chi connectivity index (χ4v) is 1.84. The third-order valence-corrected chi connectivity index (χ3v) is 3.66. The second-order valence-electron chi connectivity index (χ2n) is 5.30. The van der Waals surface area contributed by atoms with Gasteiger partial charge >= 0.3 is 37.7 Å². The predicted octanol–water partition coefficient (Wildman–Crippen LogP) is 3.52. The highest BCUT2D eigenvalue weighted by Crippen LogP contribution is 2.57. The minimum Gasteiger partial charge on any atom is -0.304 e. The molecule has 0 aromatic rings. The summed E-state index contributed by atoms with van der Waals surface area (Å²) in [5.74, 6) is -27.9. The molecule has 17 heteroatoms. The Kier molecular flexibility index (Phi) is 7.76. The van der Waals surface area contributed by atoms with Crippen molar-refractivity contribution >= 4 is 7.82 Å². The molecule has 0 amide bonds. The summed E-state index contributed by atoms with van der Waals surface area (Å²) >= 11 is 0. The van der Waals surface area contributed by atoms with Gasteiger partial charge in [-0.15, -0.1) is 0 Å². The summed E-state index contributed by atoms with van der Waals surface area (Å²) in [5.41, 5.74) is 0. The standard InChI is InChI=1S/C10H13F11NO4P/c1-22(4-5-26-27(23,24)25)3-2-6(11,12)7(13,14)8(15,16)9(17,18)10(19,20)21/h2-5H2,1H3,(H2,23,24,25). The molecule has 0 radical (unpaired) electrons. The summed E-state index contributed by atoms with van der Waals surface area (Å²) < 4.78 is 154. The zero-order chi connectivity index (χ0) is 22.1. The Morgan fingerprint density at radius 2 is 1.26 bits per heavy atom. The van der Waals surface area contributed by atoms with Gasteiger partial charge in [0.05, 0.1) is 6.61 Å². The number of rotatable bonds is 10. The second kappa shape index (κ2) is 7.97. The summed E-state index contributed by atoms with van der Waals surface area (Å²) in [4.78, 5) is 17.3. The van der Waals surface area contributed by atoms with Gasteiger partial charge in [0.15, 0.2) is 0 Å².